The van der Waals surface area contributed by atoms with Crippen molar-refractivity contribution in [1.29, 1.82) is 0 Å². The second-order valence-electron chi connectivity index (χ2n) is 5.67. The number of carbonyl (C=O) groups is 1. The van der Waals surface area contributed by atoms with Crippen LogP contribution in [-0.2, 0) is 11.3 Å². The predicted octanol–water partition coefficient (Wildman–Crippen LogP) is 5.31. The summed E-state index contributed by atoms with van der Waals surface area (Å²) in [4.78, 5) is 12.3. The zero-order chi connectivity index (χ0) is 20.1. The van der Waals surface area contributed by atoms with Gasteiger partial charge in [0.2, 0.25) is 5.91 Å². The van der Waals surface area contributed by atoms with Crippen LogP contribution in [0.3, 0.4) is 0 Å². The molecule has 0 unspecified atom stereocenters. The molecule has 0 radical (unpaired) electrons. The van der Waals surface area contributed by atoms with E-state index in [0.717, 1.165) is 5.56 Å². The molecule has 1 N–H and O–H groups in total. The largest absolute Gasteiger partial charge is 0.324 e. The van der Waals surface area contributed by atoms with Gasteiger partial charge in [-0.05, 0) is 42.5 Å². The first-order valence-electron chi connectivity index (χ1n) is 8.15. The van der Waals surface area contributed by atoms with Gasteiger partial charge in [0.15, 0.2) is 11.0 Å². The lowest BCUT2D eigenvalue weighted by Gasteiger charge is -2.09. The molecular weight excluding hydrogens is 422 g/mol. The van der Waals surface area contributed by atoms with E-state index in [1.165, 1.54) is 23.9 Å². The van der Waals surface area contributed by atoms with E-state index in [1.807, 2.05) is 4.57 Å². The monoisotopic (exact) mass is 436 g/mol. The molecule has 3 aromatic rings. The third kappa shape index (κ3) is 4.92. The number of benzene rings is 2. The fourth-order valence-corrected chi connectivity index (χ4v) is 3.50. The molecule has 3 rings (SSSR count). The van der Waals surface area contributed by atoms with Crippen LogP contribution in [0.5, 0.6) is 0 Å². The van der Waals surface area contributed by atoms with Crippen molar-refractivity contribution < 1.29 is 9.18 Å². The molecule has 0 aliphatic heterocycles. The number of allylic oxidation sites excluding steroid dienone is 1. The topological polar surface area (TPSA) is 59.8 Å². The average Bonchev–Trinajstić information content (AvgIpc) is 3.07. The Morgan fingerprint density at radius 1 is 1.21 bits per heavy atom. The third-order valence-corrected chi connectivity index (χ3v) is 5.20. The van der Waals surface area contributed by atoms with E-state index in [0.29, 0.717) is 33.3 Å². The lowest BCUT2D eigenvalue weighted by Crippen LogP contribution is -2.15. The lowest BCUT2D eigenvalue weighted by molar-refractivity contribution is -0.113. The molecule has 5 nitrogen and oxygen atoms in total. The van der Waals surface area contributed by atoms with E-state index >= 15 is 0 Å². The quantitative estimate of drug-likeness (QED) is 0.402. The summed E-state index contributed by atoms with van der Waals surface area (Å²) in [6.45, 7) is 4.19. The number of anilines is 1. The summed E-state index contributed by atoms with van der Waals surface area (Å²) in [6.07, 6.45) is 1.70. The number of carbonyl (C=O) groups excluding carboxylic acids is 1. The highest BCUT2D eigenvalue weighted by Crippen LogP contribution is 2.27. The summed E-state index contributed by atoms with van der Waals surface area (Å²) in [7, 11) is 0. The summed E-state index contributed by atoms with van der Waals surface area (Å²) in [5.41, 5.74) is 1.16. The van der Waals surface area contributed by atoms with Crippen LogP contribution in [0.4, 0.5) is 10.1 Å². The van der Waals surface area contributed by atoms with Crippen LogP contribution in [0.1, 0.15) is 0 Å². The third-order valence-electron chi connectivity index (χ3n) is 3.67. The van der Waals surface area contributed by atoms with Gasteiger partial charge in [-0.2, -0.15) is 0 Å². The van der Waals surface area contributed by atoms with E-state index in [2.05, 4.69) is 22.1 Å². The number of hydrogen-bond acceptors (Lipinski definition) is 4. The zero-order valence-corrected chi connectivity index (χ0v) is 16.9. The van der Waals surface area contributed by atoms with Crippen molar-refractivity contribution in [1.82, 2.24) is 14.8 Å². The Bertz CT molecular complexity index is 1010. The average molecular weight is 437 g/mol. The molecule has 0 atom stereocenters. The van der Waals surface area contributed by atoms with Gasteiger partial charge < -0.3 is 5.32 Å². The Labute approximate surface area is 175 Å². The van der Waals surface area contributed by atoms with Crippen LogP contribution in [0.25, 0.3) is 11.4 Å². The summed E-state index contributed by atoms with van der Waals surface area (Å²) in [5, 5.41) is 12.5. The first-order chi connectivity index (χ1) is 13.5. The predicted molar refractivity (Wildman–Crippen MR) is 111 cm³/mol. The second-order valence-corrected chi connectivity index (χ2v) is 7.46. The molecule has 0 aliphatic rings. The molecule has 0 saturated carbocycles. The van der Waals surface area contributed by atoms with E-state index in [9.17, 15) is 9.18 Å². The molecule has 0 saturated heterocycles. The molecule has 1 amide bonds. The van der Waals surface area contributed by atoms with Gasteiger partial charge in [0.1, 0.15) is 5.82 Å². The Kier molecular flexibility index (Phi) is 6.72. The van der Waals surface area contributed by atoms with Crippen LogP contribution >= 0.6 is 35.0 Å². The highest BCUT2D eigenvalue weighted by atomic mass is 35.5. The number of nitrogens with zero attached hydrogens (tertiary/aromatic N) is 3. The first-order valence-corrected chi connectivity index (χ1v) is 9.90. The molecule has 28 heavy (non-hydrogen) atoms. The molecule has 9 heteroatoms. The smallest absolute Gasteiger partial charge is 0.234 e. The number of rotatable bonds is 7. The summed E-state index contributed by atoms with van der Waals surface area (Å²) >= 11 is 13.2. The van der Waals surface area contributed by atoms with Gasteiger partial charge in [-0.3, -0.25) is 9.36 Å². The standard InChI is InChI=1S/C19H15Cl2FN4OS/c1-2-9-26-18(12-3-6-14(22)7-4-12)24-25-19(26)28-11-17(27)23-16-10-13(20)5-8-15(16)21/h2-8,10H,1,9,11H2,(H,23,27). The number of halogens is 3. The number of thioether (sulfide) groups is 1. The van der Waals surface area contributed by atoms with Crippen molar-refractivity contribution in [3.63, 3.8) is 0 Å². The van der Waals surface area contributed by atoms with E-state index in [-0.39, 0.29) is 17.5 Å². The lowest BCUT2D eigenvalue weighted by atomic mass is 10.2. The first kappa shape index (κ1) is 20.4. The molecule has 0 bridgehead atoms. The summed E-state index contributed by atoms with van der Waals surface area (Å²) in [6, 6.07) is 10.8. The molecule has 0 spiro atoms. The maximum Gasteiger partial charge on any atom is 0.234 e. The maximum atomic E-state index is 13.2. The Morgan fingerprint density at radius 3 is 2.68 bits per heavy atom. The molecule has 144 valence electrons. The molecule has 1 heterocycles. The van der Waals surface area contributed by atoms with Crippen molar-refractivity contribution in [3.8, 4) is 11.4 Å². The van der Waals surface area contributed by atoms with Crippen molar-refractivity contribution in [3.05, 3.63) is 71.0 Å². The minimum absolute atomic E-state index is 0.0987. The van der Waals surface area contributed by atoms with E-state index < -0.39 is 0 Å². The normalized spacial score (nSPS) is 10.7. The fourth-order valence-electron chi connectivity index (χ4n) is 2.41. The summed E-state index contributed by atoms with van der Waals surface area (Å²) < 4.78 is 15.0. The van der Waals surface area contributed by atoms with Gasteiger partial charge in [-0.1, -0.05) is 41.0 Å². The second kappa shape index (κ2) is 9.23. The molecule has 1 aromatic heterocycles. The van der Waals surface area contributed by atoms with E-state index in [1.54, 1.807) is 36.4 Å². The van der Waals surface area contributed by atoms with Crippen LogP contribution in [0, 0.1) is 5.82 Å². The molecule has 0 aliphatic carbocycles. The van der Waals surface area contributed by atoms with Gasteiger partial charge in [0.05, 0.1) is 16.5 Å². The number of hydrogen-bond donors (Lipinski definition) is 1. The number of amides is 1. The van der Waals surface area contributed by atoms with Crippen molar-refractivity contribution >= 4 is 46.6 Å². The minimum atomic E-state index is -0.329. The van der Waals surface area contributed by atoms with Crippen LogP contribution < -0.4 is 5.32 Å². The van der Waals surface area contributed by atoms with Crippen molar-refractivity contribution in [2.75, 3.05) is 11.1 Å². The van der Waals surface area contributed by atoms with Gasteiger partial charge in [-0.15, -0.1) is 16.8 Å². The van der Waals surface area contributed by atoms with Gasteiger partial charge in [0, 0.05) is 17.1 Å². The fraction of sp³-hybridized carbons (Fsp3) is 0.105. The van der Waals surface area contributed by atoms with Crippen molar-refractivity contribution in [2.24, 2.45) is 0 Å². The van der Waals surface area contributed by atoms with Gasteiger partial charge in [0.25, 0.3) is 0 Å². The highest BCUT2D eigenvalue weighted by molar-refractivity contribution is 7.99. The van der Waals surface area contributed by atoms with Gasteiger partial charge in [-0.25, -0.2) is 4.39 Å². The minimum Gasteiger partial charge on any atom is -0.324 e. The SMILES string of the molecule is C=CCn1c(SCC(=O)Nc2cc(Cl)ccc2Cl)nnc1-c1ccc(F)cc1. The van der Waals surface area contributed by atoms with Crippen LogP contribution in [-0.4, -0.2) is 26.4 Å². The maximum absolute atomic E-state index is 13.2. The molecule has 0 fully saturated rings. The van der Waals surface area contributed by atoms with Crippen LogP contribution in [0.2, 0.25) is 10.0 Å². The summed E-state index contributed by atoms with van der Waals surface area (Å²) in [5.74, 6) is 0.0810. The van der Waals surface area contributed by atoms with Crippen molar-refractivity contribution in [2.45, 2.75) is 11.7 Å². The highest BCUT2D eigenvalue weighted by Gasteiger charge is 2.15. The Hall–Kier alpha value is -2.35. The Morgan fingerprint density at radius 2 is 1.96 bits per heavy atom. The van der Waals surface area contributed by atoms with Crippen LogP contribution in [0.15, 0.2) is 60.3 Å². The van der Waals surface area contributed by atoms with E-state index in [4.69, 9.17) is 23.2 Å². The van der Waals surface area contributed by atoms with Gasteiger partial charge >= 0.3 is 0 Å². The molecule has 2 aromatic carbocycles. The Balaban J connectivity index is 1.73. The number of aromatic nitrogens is 3. The number of nitrogens with one attached hydrogen (secondary N) is 1. The molecular formula is C19H15Cl2FN4OS. The zero-order valence-electron chi connectivity index (χ0n) is 14.5.